The number of benzene rings is 1. The summed E-state index contributed by atoms with van der Waals surface area (Å²) in [5.74, 6) is -1.74. The monoisotopic (exact) mass is 471 g/mol. The highest BCUT2D eigenvalue weighted by Crippen LogP contribution is 2.22. The lowest BCUT2D eigenvalue weighted by Crippen LogP contribution is -2.60. The lowest BCUT2D eigenvalue weighted by molar-refractivity contribution is -0.142. The number of aliphatic hydroxyl groups excluding tert-OH is 1. The van der Waals surface area contributed by atoms with Gasteiger partial charge in [-0.2, -0.15) is 0 Å². The van der Waals surface area contributed by atoms with Crippen molar-refractivity contribution in [1.82, 2.24) is 25.2 Å². The summed E-state index contributed by atoms with van der Waals surface area (Å²) in [7, 11) is 1.60. The van der Waals surface area contributed by atoms with Crippen molar-refractivity contribution in [3.63, 3.8) is 0 Å². The van der Waals surface area contributed by atoms with Crippen LogP contribution in [0.1, 0.15) is 28.5 Å². The molecule has 1 aliphatic heterocycles. The fourth-order valence-electron chi connectivity index (χ4n) is 3.67. The van der Waals surface area contributed by atoms with Gasteiger partial charge in [0.05, 0.1) is 36.7 Å². The molecule has 4 rings (SSSR count). The topological polar surface area (TPSA) is 147 Å². The van der Waals surface area contributed by atoms with Crippen LogP contribution >= 0.6 is 0 Å². The van der Waals surface area contributed by atoms with E-state index in [4.69, 9.17) is 5.41 Å². The molecule has 3 aromatic rings. The molecule has 0 aliphatic carbocycles. The number of amides is 2. The summed E-state index contributed by atoms with van der Waals surface area (Å²) in [4.78, 5) is 38.2. The second-order valence-electron chi connectivity index (χ2n) is 8.00. The van der Waals surface area contributed by atoms with E-state index in [1.165, 1.54) is 42.4 Å². The smallest absolute Gasteiger partial charge is 0.255 e. The van der Waals surface area contributed by atoms with Crippen LogP contribution in [0.5, 0.6) is 0 Å². The van der Waals surface area contributed by atoms with Crippen molar-refractivity contribution in [2.75, 3.05) is 25.5 Å². The summed E-state index contributed by atoms with van der Waals surface area (Å²) >= 11 is 0. The third-order valence-corrected chi connectivity index (χ3v) is 5.59. The lowest BCUT2D eigenvalue weighted by Gasteiger charge is -2.37. The van der Waals surface area contributed by atoms with Crippen LogP contribution in [-0.2, 0) is 4.79 Å². The first-order valence-corrected chi connectivity index (χ1v) is 10.5. The molecule has 2 amide bonds. The second kappa shape index (κ2) is 9.14. The number of rotatable bonds is 7. The number of aromatic nitrogens is 3. The average Bonchev–Trinajstić information content (AvgIpc) is 3.22. The van der Waals surface area contributed by atoms with Gasteiger partial charge in [0.25, 0.3) is 5.91 Å². The molecule has 0 spiro atoms. The summed E-state index contributed by atoms with van der Waals surface area (Å²) in [5.41, 5.74) is 1.35. The normalized spacial score (nSPS) is 15.5. The Hall–Kier alpha value is -3.93. The Morgan fingerprint density at radius 2 is 2.06 bits per heavy atom. The first kappa shape index (κ1) is 23.2. The Labute approximate surface area is 192 Å². The van der Waals surface area contributed by atoms with Crippen molar-refractivity contribution in [1.29, 1.82) is 5.41 Å². The Kier molecular flexibility index (Phi) is 6.24. The molecule has 10 nitrogen and oxygen atoms in total. The van der Waals surface area contributed by atoms with Crippen molar-refractivity contribution < 1.29 is 23.5 Å². The molecule has 2 unspecified atom stereocenters. The number of nitrogens with zero attached hydrogens (tertiary/aromatic N) is 3. The number of aliphatic hydroxyl groups is 1. The van der Waals surface area contributed by atoms with Crippen molar-refractivity contribution in [2.24, 2.45) is 0 Å². The number of carbonyl (C=O) groups excluding carboxylic acids is 2. The number of fused-ring (bicyclic) bond motifs is 1. The number of nitrogens with one attached hydrogen (secondary N) is 4. The van der Waals surface area contributed by atoms with E-state index < -0.39 is 35.9 Å². The number of aromatic amines is 1. The van der Waals surface area contributed by atoms with Crippen molar-refractivity contribution in [3.05, 3.63) is 53.2 Å². The van der Waals surface area contributed by atoms with Crippen LogP contribution in [0.3, 0.4) is 0 Å². The van der Waals surface area contributed by atoms with E-state index >= 15 is 0 Å². The molecule has 12 heteroatoms. The van der Waals surface area contributed by atoms with Gasteiger partial charge >= 0.3 is 0 Å². The van der Waals surface area contributed by atoms with Gasteiger partial charge in [0.1, 0.15) is 29.2 Å². The van der Waals surface area contributed by atoms with Gasteiger partial charge in [-0.05, 0) is 25.1 Å². The zero-order chi connectivity index (χ0) is 24.6. The molecule has 0 radical (unpaired) electrons. The molecule has 1 saturated heterocycles. The molecule has 2 aromatic heterocycles. The number of halogens is 2. The number of H-pyrrole nitrogens is 1. The van der Waals surface area contributed by atoms with E-state index in [0.29, 0.717) is 11.3 Å². The first-order chi connectivity index (χ1) is 16.2. The quantitative estimate of drug-likeness (QED) is 0.327. The number of hydrogen-bond donors (Lipinski definition) is 5. The van der Waals surface area contributed by atoms with E-state index in [1.807, 2.05) is 0 Å². The van der Waals surface area contributed by atoms with E-state index in [-0.39, 0.29) is 41.2 Å². The predicted octanol–water partition coefficient (Wildman–Crippen LogP) is 1.21. The first-order valence-electron chi connectivity index (χ1n) is 10.5. The molecule has 0 saturated carbocycles. The van der Waals surface area contributed by atoms with Crippen LogP contribution in [0.4, 0.5) is 14.5 Å². The molecule has 178 valence electrons. The highest BCUT2D eigenvalue weighted by atomic mass is 19.1. The lowest BCUT2D eigenvalue weighted by atomic mass is 10.0. The van der Waals surface area contributed by atoms with E-state index in [9.17, 15) is 23.5 Å². The molecule has 2 atom stereocenters. The SMILES string of the molecule is CNc1cc(F)ccc1C(=N)c1cnc2[nH]cc(C(=O)NC(C(=O)N3CC(F)C3)C(C)O)c2n1. The maximum atomic E-state index is 13.6. The maximum absolute atomic E-state index is 13.6. The summed E-state index contributed by atoms with van der Waals surface area (Å²) < 4.78 is 26.7. The van der Waals surface area contributed by atoms with Gasteiger partial charge in [0, 0.05) is 24.5 Å². The van der Waals surface area contributed by atoms with Gasteiger partial charge in [0.2, 0.25) is 5.91 Å². The Morgan fingerprint density at radius 1 is 1.32 bits per heavy atom. The van der Waals surface area contributed by atoms with E-state index in [2.05, 4.69) is 25.6 Å². The fourth-order valence-corrected chi connectivity index (χ4v) is 3.67. The van der Waals surface area contributed by atoms with Crippen LogP contribution < -0.4 is 10.6 Å². The van der Waals surface area contributed by atoms with Gasteiger partial charge in [0.15, 0.2) is 5.65 Å². The summed E-state index contributed by atoms with van der Waals surface area (Å²) in [6, 6.07) is 2.65. The molecule has 1 fully saturated rings. The van der Waals surface area contributed by atoms with E-state index in [0.717, 1.165) is 0 Å². The Balaban J connectivity index is 1.61. The molecule has 34 heavy (non-hydrogen) atoms. The molecule has 1 aromatic carbocycles. The van der Waals surface area contributed by atoms with Gasteiger partial charge < -0.3 is 25.6 Å². The minimum Gasteiger partial charge on any atom is -0.391 e. The van der Waals surface area contributed by atoms with Gasteiger partial charge in [-0.3, -0.25) is 15.0 Å². The summed E-state index contributed by atoms with van der Waals surface area (Å²) in [6.45, 7) is 1.19. The van der Waals surface area contributed by atoms with Crippen LogP contribution in [-0.4, -0.2) is 80.9 Å². The highest BCUT2D eigenvalue weighted by Gasteiger charge is 2.37. The van der Waals surface area contributed by atoms with Crippen molar-refractivity contribution in [2.45, 2.75) is 25.2 Å². The summed E-state index contributed by atoms with van der Waals surface area (Å²) in [6.07, 6.45) is 0.380. The van der Waals surface area contributed by atoms with Crippen LogP contribution in [0, 0.1) is 11.2 Å². The second-order valence-corrected chi connectivity index (χ2v) is 8.00. The number of carbonyl (C=O) groups is 2. The maximum Gasteiger partial charge on any atom is 0.255 e. The minimum atomic E-state index is -1.27. The van der Waals surface area contributed by atoms with Crippen LogP contribution in [0.15, 0.2) is 30.6 Å². The standard InChI is InChI=1S/C22H23F2N7O3/c1-10(32)18(22(34)31-8-12(24)9-31)30-21(33)14-6-27-20-19(14)29-16(7-28-20)17(25)13-4-3-11(23)5-15(13)26-2/h3-7,10,12,18,25-26,32H,8-9H2,1-2H3,(H,27,28)(H,30,33). The molecule has 1 aliphatic rings. The number of alkyl halides is 1. The number of anilines is 1. The molecule has 0 bridgehead atoms. The van der Waals surface area contributed by atoms with Gasteiger partial charge in [-0.1, -0.05) is 0 Å². The largest absolute Gasteiger partial charge is 0.391 e. The van der Waals surface area contributed by atoms with Gasteiger partial charge in [-0.25, -0.2) is 18.7 Å². The molecule has 5 N–H and O–H groups in total. The van der Waals surface area contributed by atoms with Gasteiger partial charge in [-0.15, -0.1) is 0 Å². The van der Waals surface area contributed by atoms with Crippen LogP contribution in [0.2, 0.25) is 0 Å². The Bertz CT molecular complexity index is 1270. The fraction of sp³-hybridized carbons (Fsp3) is 0.318. The highest BCUT2D eigenvalue weighted by molar-refractivity contribution is 6.14. The number of hydrogen-bond acceptors (Lipinski definition) is 7. The minimum absolute atomic E-state index is 0.0399. The third kappa shape index (κ3) is 4.31. The van der Waals surface area contributed by atoms with Crippen LogP contribution in [0.25, 0.3) is 11.2 Å². The summed E-state index contributed by atoms with van der Waals surface area (Å²) in [5, 5.41) is 23.9. The Morgan fingerprint density at radius 3 is 2.71 bits per heavy atom. The number of likely N-dealkylation sites (tertiary alicyclic amines) is 1. The van der Waals surface area contributed by atoms with Crippen molar-refractivity contribution >= 4 is 34.4 Å². The average molecular weight is 471 g/mol. The molecular weight excluding hydrogens is 448 g/mol. The predicted molar refractivity (Wildman–Crippen MR) is 120 cm³/mol. The third-order valence-electron chi connectivity index (χ3n) is 5.59. The molecular formula is C22H23F2N7O3. The van der Waals surface area contributed by atoms with E-state index in [1.54, 1.807) is 7.05 Å². The zero-order valence-corrected chi connectivity index (χ0v) is 18.4. The molecule has 3 heterocycles. The van der Waals surface area contributed by atoms with Crippen molar-refractivity contribution in [3.8, 4) is 0 Å². The zero-order valence-electron chi connectivity index (χ0n) is 18.4.